The molecule has 2 rings (SSSR count). The highest BCUT2D eigenvalue weighted by molar-refractivity contribution is 8.12. The number of fused-ring (bicyclic) bond motifs is 1. The zero-order chi connectivity index (χ0) is 9.42. The lowest BCUT2D eigenvalue weighted by molar-refractivity contribution is -0.157. The van der Waals surface area contributed by atoms with Crippen LogP contribution in [0.25, 0.3) is 0 Å². The summed E-state index contributed by atoms with van der Waals surface area (Å²) < 4.78 is 17.5. The van der Waals surface area contributed by atoms with Crippen LogP contribution in [0.5, 0.6) is 0 Å². The number of hydrogen-bond donors (Lipinski definition) is 2. The Bertz CT molecular complexity index is 228. The van der Waals surface area contributed by atoms with E-state index in [4.69, 9.17) is 4.74 Å². The SMILES string of the molecule is OC1C(CF)OC2SC=NC2C1O. The number of aliphatic imine (C=N–C) groups is 1. The maximum absolute atomic E-state index is 12.3. The van der Waals surface area contributed by atoms with Gasteiger partial charge in [-0.05, 0) is 0 Å². The molecule has 1 fully saturated rings. The molecule has 2 N–H and O–H groups in total. The Kier molecular flexibility index (Phi) is 2.55. The van der Waals surface area contributed by atoms with Gasteiger partial charge < -0.3 is 14.9 Å². The van der Waals surface area contributed by atoms with Crippen LogP contribution in [0, 0.1) is 0 Å². The third-order valence-electron chi connectivity index (χ3n) is 2.25. The Morgan fingerprint density at radius 1 is 1.46 bits per heavy atom. The van der Waals surface area contributed by atoms with E-state index in [9.17, 15) is 14.6 Å². The molecule has 6 heteroatoms. The summed E-state index contributed by atoms with van der Waals surface area (Å²) in [5.41, 5.74) is 1.21. The molecule has 0 aromatic heterocycles. The summed E-state index contributed by atoms with van der Waals surface area (Å²) in [5, 5.41) is 18.9. The summed E-state index contributed by atoms with van der Waals surface area (Å²) in [6, 6.07) is -0.456. The lowest BCUT2D eigenvalue weighted by Gasteiger charge is -2.37. The molecular weight excluding hydrogens is 197 g/mol. The first-order chi connectivity index (χ1) is 6.24. The van der Waals surface area contributed by atoms with Crippen LogP contribution in [0.4, 0.5) is 4.39 Å². The third-order valence-corrected chi connectivity index (χ3v) is 3.15. The average molecular weight is 207 g/mol. The van der Waals surface area contributed by atoms with Crippen molar-refractivity contribution in [2.75, 3.05) is 6.67 Å². The van der Waals surface area contributed by atoms with Crippen molar-refractivity contribution in [3.63, 3.8) is 0 Å². The van der Waals surface area contributed by atoms with Gasteiger partial charge in [-0.1, -0.05) is 11.8 Å². The Morgan fingerprint density at radius 2 is 2.23 bits per heavy atom. The van der Waals surface area contributed by atoms with E-state index in [2.05, 4.69) is 4.99 Å². The lowest BCUT2D eigenvalue weighted by Crippen LogP contribution is -2.55. The van der Waals surface area contributed by atoms with Gasteiger partial charge >= 0.3 is 0 Å². The molecule has 1 saturated heterocycles. The number of alkyl halides is 1. The van der Waals surface area contributed by atoms with E-state index in [1.54, 1.807) is 5.55 Å². The summed E-state index contributed by atoms with van der Waals surface area (Å²) in [6.07, 6.45) is -3.13. The topological polar surface area (TPSA) is 62.0 Å². The second-order valence-corrected chi connectivity index (χ2v) is 4.01. The minimum absolute atomic E-state index is 0.348. The van der Waals surface area contributed by atoms with Gasteiger partial charge in [0.05, 0.1) is 5.55 Å². The standard InChI is InChI=1S/C7H10FNO3S/c8-1-3-5(10)6(11)4-7(12-3)13-2-9-4/h2-7,10-11H,1H2. The van der Waals surface area contributed by atoms with Crippen molar-refractivity contribution in [3.05, 3.63) is 0 Å². The van der Waals surface area contributed by atoms with E-state index in [0.717, 1.165) is 0 Å². The van der Waals surface area contributed by atoms with Crippen molar-refractivity contribution < 1.29 is 19.3 Å². The van der Waals surface area contributed by atoms with Gasteiger partial charge in [0.2, 0.25) is 0 Å². The molecule has 0 saturated carbocycles. The number of rotatable bonds is 1. The molecule has 0 aliphatic carbocycles. The molecule has 2 aliphatic heterocycles. The summed E-state index contributed by atoms with van der Waals surface area (Å²) in [6.45, 7) is -0.790. The van der Waals surface area contributed by atoms with Gasteiger partial charge in [0.1, 0.15) is 36.5 Å². The number of thioether (sulfide) groups is 1. The van der Waals surface area contributed by atoms with Crippen LogP contribution in [0.3, 0.4) is 0 Å². The molecule has 2 heterocycles. The summed E-state index contributed by atoms with van der Waals surface area (Å²) in [7, 11) is 0. The third kappa shape index (κ3) is 1.48. The van der Waals surface area contributed by atoms with Crippen molar-refractivity contribution in [1.82, 2.24) is 0 Å². The van der Waals surface area contributed by atoms with Gasteiger partial charge in [-0.15, -0.1) is 0 Å². The highest BCUT2D eigenvalue weighted by atomic mass is 32.2. The fourth-order valence-corrected chi connectivity index (χ4v) is 2.41. The summed E-state index contributed by atoms with van der Waals surface area (Å²) >= 11 is 1.30. The highest BCUT2D eigenvalue weighted by Crippen LogP contribution is 2.33. The van der Waals surface area contributed by atoms with E-state index in [1.165, 1.54) is 11.8 Å². The Balaban J connectivity index is 2.11. The lowest BCUT2D eigenvalue weighted by atomic mass is 9.99. The molecule has 0 aromatic rings. The predicted octanol–water partition coefficient (Wildman–Crippen LogP) is -0.454. The Morgan fingerprint density at radius 3 is 2.92 bits per heavy atom. The van der Waals surface area contributed by atoms with Crippen LogP contribution in [0.2, 0.25) is 0 Å². The highest BCUT2D eigenvalue weighted by Gasteiger charge is 2.46. The van der Waals surface area contributed by atoms with Crippen molar-refractivity contribution >= 4 is 17.3 Å². The molecule has 74 valence electrons. The minimum atomic E-state index is -1.18. The van der Waals surface area contributed by atoms with E-state index >= 15 is 0 Å². The number of aliphatic hydroxyl groups excluding tert-OH is 2. The Labute approximate surface area is 78.8 Å². The molecule has 0 bridgehead atoms. The maximum atomic E-state index is 12.3. The van der Waals surface area contributed by atoms with Crippen LogP contribution < -0.4 is 0 Å². The molecule has 0 radical (unpaired) electrons. The molecule has 0 amide bonds. The number of aliphatic hydroxyl groups is 2. The fourth-order valence-electron chi connectivity index (χ4n) is 1.48. The number of ether oxygens (including phenoxy) is 1. The summed E-state index contributed by atoms with van der Waals surface area (Å²) in [5.74, 6) is 0. The quantitative estimate of drug-likeness (QED) is 0.611. The largest absolute Gasteiger partial charge is 0.388 e. The fraction of sp³-hybridized carbons (Fsp3) is 0.857. The van der Waals surface area contributed by atoms with Gasteiger partial charge in [-0.2, -0.15) is 0 Å². The minimum Gasteiger partial charge on any atom is -0.388 e. The summed E-state index contributed by atoms with van der Waals surface area (Å²) in [4.78, 5) is 3.94. The van der Waals surface area contributed by atoms with Gasteiger partial charge in [-0.25, -0.2) is 4.39 Å². The zero-order valence-corrected chi connectivity index (χ0v) is 7.52. The van der Waals surface area contributed by atoms with Crippen LogP contribution in [-0.4, -0.2) is 52.2 Å². The first-order valence-electron chi connectivity index (χ1n) is 3.98. The molecule has 0 spiro atoms. The molecule has 5 unspecified atom stereocenters. The van der Waals surface area contributed by atoms with Crippen LogP contribution in [0.1, 0.15) is 0 Å². The van der Waals surface area contributed by atoms with Crippen LogP contribution in [0.15, 0.2) is 4.99 Å². The smallest absolute Gasteiger partial charge is 0.134 e. The normalized spacial score (nSPS) is 49.3. The van der Waals surface area contributed by atoms with Gasteiger partial charge in [0.25, 0.3) is 0 Å². The first kappa shape index (κ1) is 9.39. The van der Waals surface area contributed by atoms with Crippen LogP contribution in [-0.2, 0) is 4.74 Å². The molecule has 2 aliphatic rings. The number of hydrogen-bond acceptors (Lipinski definition) is 5. The average Bonchev–Trinajstić information content (AvgIpc) is 2.59. The molecule has 13 heavy (non-hydrogen) atoms. The number of nitrogens with zero attached hydrogens (tertiary/aromatic N) is 1. The number of halogens is 1. The predicted molar refractivity (Wildman–Crippen MR) is 46.5 cm³/mol. The van der Waals surface area contributed by atoms with Crippen molar-refractivity contribution in [2.45, 2.75) is 29.8 Å². The first-order valence-corrected chi connectivity index (χ1v) is 4.93. The van der Waals surface area contributed by atoms with E-state index in [0.29, 0.717) is 0 Å². The van der Waals surface area contributed by atoms with E-state index in [1.807, 2.05) is 0 Å². The van der Waals surface area contributed by atoms with Gasteiger partial charge in [-0.3, -0.25) is 4.99 Å². The van der Waals surface area contributed by atoms with E-state index < -0.39 is 31.0 Å². The maximum Gasteiger partial charge on any atom is 0.134 e. The second kappa shape index (κ2) is 3.53. The zero-order valence-electron chi connectivity index (χ0n) is 6.71. The molecular formula is C7H10FNO3S. The molecule has 5 atom stereocenters. The molecule has 4 nitrogen and oxygen atoms in total. The van der Waals surface area contributed by atoms with Crippen molar-refractivity contribution in [3.8, 4) is 0 Å². The van der Waals surface area contributed by atoms with Crippen molar-refractivity contribution in [2.24, 2.45) is 4.99 Å². The van der Waals surface area contributed by atoms with E-state index in [-0.39, 0.29) is 5.44 Å². The Hall–Kier alpha value is -0.170. The molecule has 0 aromatic carbocycles. The monoisotopic (exact) mass is 207 g/mol. The van der Waals surface area contributed by atoms with Gasteiger partial charge in [0, 0.05) is 0 Å². The van der Waals surface area contributed by atoms with Gasteiger partial charge in [0.15, 0.2) is 0 Å². The van der Waals surface area contributed by atoms with Crippen molar-refractivity contribution in [1.29, 1.82) is 0 Å². The second-order valence-electron chi connectivity index (χ2n) is 3.06. The van der Waals surface area contributed by atoms with Crippen LogP contribution >= 0.6 is 11.8 Å².